The fourth-order valence-electron chi connectivity index (χ4n) is 8.21. The van der Waals surface area contributed by atoms with Crippen molar-refractivity contribution in [3.8, 4) is 0 Å². The molecule has 1 unspecified atom stereocenters. The summed E-state index contributed by atoms with van der Waals surface area (Å²) in [5.74, 6) is -0.0161. The molecular formula is C23H34O5. The Balaban J connectivity index is 2.10. The molecular weight excluding hydrogens is 356 g/mol. The van der Waals surface area contributed by atoms with Crippen LogP contribution in [0.15, 0.2) is 24.3 Å². The Morgan fingerprint density at radius 3 is 2.25 bits per heavy atom. The van der Waals surface area contributed by atoms with Crippen LogP contribution in [0.5, 0.6) is 0 Å². The molecule has 3 fully saturated rings. The van der Waals surface area contributed by atoms with Gasteiger partial charge in [0.1, 0.15) is 17.5 Å². The molecule has 3 N–H and O–H groups in total. The Morgan fingerprint density at radius 1 is 1.14 bits per heavy atom. The molecule has 0 aromatic carbocycles. The molecule has 28 heavy (non-hydrogen) atoms. The molecule has 0 aromatic rings. The van der Waals surface area contributed by atoms with Gasteiger partial charge in [-0.25, -0.2) is 0 Å². The van der Waals surface area contributed by atoms with Crippen LogP contribution in [0, 0.1) is 21.7 Å². The number of Topliss-reactive ketones (excluding diaryl/α,β-unsaturated/α-hetero) is 1. The van der Waals surface area contributed by atoms with E-state index in [9.17, 15) is 20.1 Å². The van der Waals surface area contributed by atoms with E-state index in [2.05, 4.69) is 6.58 Å². The molecule has 1 heterocycles. The van der Waals surface area contributed by atoms with E-state index in [-0.39, 0.29) is 18.6 Å². The summed E-state index contributed by atoms with van der Waals surface area (Å²) >= 11 is 0. The van der Waals surface area contributed by atoms with E-state index in [0.717, 1.165) is 5.57 Å². The number of carbonyl (C=O) groups is 1. The van der Waals surface area contributed by atoms with Gasteiger partial charge in [0.2, 0.25) is 0 Å². The molecule has 4 aliphatic rings. The highest BCUT2D eigenvalue weighted by Gasteiger charge is 2.94. The number of rotatable bonds is 1. The normalized spacial score (nSPS) is 56.1. The Bertz CT molecular complexity index is 827. The molecule has 5 heteroatoms. The monoisotopic (exact) mass is 390 g/mol. The predicted octanol–water partition coefficient (Wildman–Crippen LogP) is 2.53. The van der Waals surface area contributed by atoms with Crippen LogP contribution in [0.2, 0.25) is 0 Å². The maximum absolute atomic E-state index is 14.0. The van der Waals surface area contributed by atoms with Crippen LogP contribution in [-0.4, -0.2) is 50.1 Å². The highest BCUT2D eigenvalue weighted by Crippen LogP contribution is 2.86. The van der Waals surface area contributed by atoms with Gasteiger partial charge in [0.05, 0.1) is 22.7 Å². The van der Waals surface area contributed by atoms with Gasteiger partial charge < -0.3 is 20.1 Å². The highest BCUT2D eigenvalue weighted by molar-refractivity contribution is 5.94. The van der Waals surface area contributed by atoms with Crippen molar-refractivity contribution in [2.75, 3.05) is 0 Å². The molecule has 4 rings (SSSR count). The van der Waals surface area contributed by atoms with Crippen LogP contribution < -0.4 is 0 Å². The number of ketones is 1. The third-order valence-electron chi connectivity index (χ3n) is 9.54. The number of hydrogen-bond acceptors (Lipinski definition) is 5. The van der Waals surface area contributed by atoms with Crippen LogP contribution in [0.25, 0.3) is 0 Å². The Morgan fingerprint density at radius 2 is 1.71 bits per heavy atom. The number of ether oxygens (including phenoxy) is 1. The maximum Gasteiger partial charge on any atom is 0.146 e. The van der Waals surface area contributed by atoms with Crippen LogP contribution in [0.3, 0.4) is 0 Å². The van der Waals surface area contributed by atoms with Crippen molar-refractivity contribution in [3.05, 3.63) is 24.3 Å². The zero-order chi connectivity index (χ0) is 21.3. The summed E-state index contributed by atoms with van der Waals surface area (Å²) in [6, 6.07) is 0. The SMILES string of the molecule is C=C[C@@]1(C)CC(=O)[C@@]23C(C)(C)[C@]4(O)CC(O)C(C)(C)C(=C[C@H](O)[C@@]2(C)O1)[C@@]34C. The molecule has 1 saturated heterocycles. The summed E-state index contributed by atoms with van der Waals surface area (Å²) in [7, 11) is 0. The molecule has 0 amide bonds. The first-order valence-corrected chi connectivity index (χ1v) is 10.2. The molecule has 0 radical (unpaired) electrons. The average Bonchev–Trinajstić information content (AvgIpc) is 2.55. The second kappa shape index (κ2) is 4.83. The maximum atomic E-state index is 14.0. The fraction of sp³-hybridized carbons (Fsp3) is 0.783. The van der Waals surface area contributed by atoms with Crippen molar-refractivity contribution < 1.29 is 24.9 Å². The topological polar surface area (TPSA) is 87.0 Å². The van der Waals surface area contributed by atoms with Gasteiger partial charge in [-0.05, 0) is 13.8 Å². The molecule has 7 atom stereocenters. The fourth-order valence-corrected chi connectivity index (χ4v) is 8.21. The van der Waals surface area contributed by atoms with Crippen LogP contribution >= 0.6 is 0 Å². The lowest BCUT2D eigenvalue weighted by atomic mass is 9.19. The van der Waals surface area contributed by atoms with Crippen LogP contribution in [0.1, 0.15) is 61.3 Å². The first-order valence-electron chi connectivity index (χ1n) is 10.2. The van der Waals surface area contributed by atoms with E-state index < -0.39 is 50.7 Å². The van der Waals surface area contributed by atoms with Crippen LogP contribution in [0.4, 0.5) is 0 Å². The lowest BCUT2D eigenvalue weighted by Gasteiger charge is -2.86. The average molecular weight is 391 g/mol. The van der Waals surface area contributed by atoms with E-state index in [1.165, 1.54) is 0 Å². The molecule has 5 nitrogen and oxygen atoms in total. The lowest BCUT2D eigenvalue weighted by molar-refractivity contribution is -0.423. The van der Waals surface area contributed by atoms with Crippen LogP contribution in [-0.2, 0) is 9.53 Å². The van der Waals surface area contributed by atoms with Gasteiger partial charge in [-0.15, -0.1) is 6.58 Å². The van der Waals surface area contributed by atoms with Crippen molar-refractivity contribution in [2.45, 2.75) is 90.3 Å². The van der Waals surface area contributed by atoms with Crippen molar-refractivity contribution in [2.24, 2.45) is 21.7 Å². The smallest absolute Gasteiger partial charge is 0.146 e. The van der Waals surface area contributed by atoms with Crippen molar-refractivity contribution in [1.82, 2.24) is 0 Å². The van der Waals surface area contributed by atoms with Gasteiger partial charge in [0.25, 0.3) is 0 Å². The molecule has 3 aliphatic carbocycles. The van der Waals surface area contributed by atoms with Gasteiger partial charge in [0.15, 0.2) is 0 Å². The number of carbonyl (C=O) groups excluding carboxylic acids is 1. The summed E-state index contributed by atoms with van der Waals surface area (Å²) in [5, 5.41) is 34.2. The molecule has 0 aromatic heterocycles. The minimum atomic E-state index is -1.29. The second-order valence-corrected chi connectivity index (χ2v) is 11.2. The highest BCUT2D eigenvalue weighted by atomic mass is 16.5. The summed E-state index contributed by atoms with van der Waals surface area (Å²) in [4.78, 5) is 14.0. The Kier molecular flexibility index (Phi) is 3.49. The van der Waals surface area contributed by atoms with E-state index in [1.807, 2.05) is 41.5 Å². The Hall–Kier alpha value is -1.01. The number of hydrogen-bond donors (Lipinski definition) is 3. The molecule has 0 bridgehead atoms. The summed E-state index contributed by atoms with van der Waals surface area (Å²) in [6.07, 6.45) is 1.85. The number of aliphatic hydroxyl groups excluding tert-OH is 2. The molecule has 156 valence electrons. The summed E-state index contributed by atoms with van der Waals surface area (Å²) < 4.78 is 6.52. The lowest BCUT2D eigenvalue weighted by Crippen LogP contribution is -2.94. The van der Waals surface area contributed by atoms with Gasteiger partial charge >= 0.3 is 0 Å². The largest absolute Gasteiger partial charge is 0.392 e. The zero-order valence-electron chi connectivity index (χ0n) is 18.1. The second-order valence-electron chi connectivity index (χ2n) is 11.2. The van der Waals surface area contributed by atoms with Gasteiger partial charge in [0, 0.05) is 29.1 Å². The Labute approximate surface area is 167 Å². The van der Waals surface area contributed by atoms with Crippen molar-refractivity contribution in [3.63, 3.8) is 0 Å². The van der Waals surface area contributed by atoms with Gasteiger partial charge in [-0.2, -0.15) is 0 Å². The standard InChI is InChI=1S/C23H34O5/c1-9-19(6)11-16(26)23-18(4,5)22(27)12-15(25)17(2,3)13(20(22,23)7)10-14(24)21(23,8)28-19/h9-10,14-15,24-25,27H,1,11-12H2,2-8H3/t14-,15?,19-,20+,21+,22+,23-/m0/s1. The zero-order valence-corrected chi connectivity index (χ0v) is 18.1. The molecule has 1 spiro atoms. The first-order chi connectivity index (χ1) is 12.5. The van der Waals surface area contributed by atoms with Crippen molar-refractivity contribution >= 4 is 5.78 Å². The van der Waals surface area contributed by atoms with Gasteiger partial charge in [-0.1, -0.05) is 52.3 Å². The first kappa shape index (κ1) is 20.3. The third-order valence-corrected chi connectivity index (χ3v) is 9.54. The quantitative estimate of drug-likeness (QED) is 0.599. The van der Waals surface area contributed by atoms with E-state index >= 15 is 0 Å². The third kappa shape index (κ3) is 1.53. The minimum absolute atomic E-state index is 0.0161. The number of aliphatic hydroxyl groups is 3. The molecule has 1 aliphatic heterocycles. The predicted molar refractivity (Wildman–Crippen MR) is 105 cm³/mol. The summed E-state index contributed by atoms with van der Waals surface area (Å²) in [6.45, 7) is 17.0. The van der Waals surface area contributed by atoms with E-state index in [0.29, 0.717) is 0 Å². The molecule has 2 saturated carbocycles. The van der Waals surface area contributed by atoms with E-state index in [1.54, 1.807) is 19.1 Å². The van der Waals surface area contributed by atoms with E-state index in [4.69, 9.17) is 4.74 Å². The van der Waals surface area contributed by atoms with Crippen molar-refractivity contribution in [1.29, 1.82) is 0 Å². The van der Waals surface area contributed by atoms with Gasteiger partial charge in [-0.3, -0.25) is 4.79 Å². The summed E-state index contributed by atoms with van der Waals surface area (Å²) in [5.41, 5.74) is -6.28. The minimum Gasteiger partial charge on any atom is -0.392 e.